The standard InChI is InChI=1S/C14H10F3N5O2/c1-7-5-10(23)22-12(18-7)11(13(24)21-22)20-19-9-4-2-3-8(6-9)14(15,16)17/h2-6,18H,1H3,(H,21,24). The molecule has 2 N–H and O–H groups in total. The molecule has 0 unspecified atom stereocenters. The Labute approximate surface area is 131 Å². The van der Waals surface area contributed by atoms with Crippen LogP contribution in [0, 0.1) is 6.92 Å². The van der Waals surface area contributed by atoms with Crippen LogP contribution in [0.4, 0.5) is 24.5 Å². The van der Waals surface area contributed by atoms with Gasteiger partial charge in [-0.25, -0.2) is 0 Å². The Hall–Kier alpha value is -3.17. The Morgan fingerprint density at radius 2 is 1.88 bits per heavy atom. The van der Waals surface area contributed by atoms with Crippen molar-refractivity contribution in [1.29, 1.82) is 0 Å². The molecule has 2 aromatic heterocycles. The third-order valence-electron chi connectivity index (χ3n) is 3.19. The lowest BCUT2D eigenvalue weighted by Crippen LogP contribution is -2.15. The molecule has 2 heterocycles. The first-order valence-electron chi connectivity index (χ1n) is 6.69. The van der Waals surface area contributed by atoms with E-state index in [1.54, 1.807) is 6.92 Å². The molecule has 0 saturated heterocycles. The maximum absolute atomic E-state index is 12.7. The van der Waals surface area contributed by atoms with Crippen LogP contribution in [0.3, 0.4) is 0 Å². The molecule has 3 rings (SSSR count). The molecule has 0 fully saturated rings. The van der Waals surface area contributed by atoms with Crippen LogP contribution >= 0.6 is 0 Å². The van der Waals surface area contributed by atoms with E-state index in [1.807, 2.05) is 0 Å². The highest BCUT2D eigenvalue weighted by Gasteiger charge is 2.30. The van der Waals surface area contributed by atoms with Gasteiger partial charge in [-0.15, -0.1) is 5.11 Å². The summed E-state index contributed by atoms with van der Waals surface area (Å²) in [6.07, 6.45) is -4.51. The number of hydrogen-bond donors (Lipinski definition) is 2. The number of alkyl halides is 3. The Morgan fingerprint density at radius 3 is 2.58 bits per heavy atom. The minimum atomic E-state index is -4.51. The van der Waals surface area contributed by atoms with Crippen molar-refractivity contribution in [2.24, 2.45) is 10.2 Å². The summed E-state index contributed by atoms with van der Waals surface area (Å²) in [5.74, 6) is 0. The van der Waals surface area contributed by atoms with E-state index < -0.39 is 22.9 Å². The fraction of sp³-hybridized carbons (Fsp3) is 0.143. The Bertz CT molecular complexity index is 1060. The molecule has 7 nitrogen and oxygen atoms in total. The number of aryl methyl sites for hydroxylation is 1. The van der Waals surface area contributed by atoms with Gasteiger partial charge in [0.1, 0.15) is 0 Å². The summed E-state index contributed by atoms with van der Waals surface area (Å²) in [6, 6.07) is 5.49. The number of azo groups is 1. The molecule has 24 heavy (non-hydrogen) atoms. The summed E-state index contributed by atoms with van der Waals surface area (Å²) in [6.45, 7) is 1.62. The normalized spacial score (nSPS) is 12.3. The second-order valence-corrected chi connectivity index (χ2v) is 5.01. The zero-order valence-electron chi connectivity index (χ0n) is 12.2. The van der Waals surface area contributed by atoms with Crippen LogP contribution in [-0.2, 0) is 6.18 Å². The number of nitrogens with zero attached hydrogens (tertiary/aromatic N) is 3. The highest BCUT2D eigenvalue weighted by Crippen LogP contribution is 2.31. The molecule has 0 saturated carbocycles. The number of aromatic amines is 2. The molecule has 0 aliphatic rings. The number of nitrogens with one attached hydrogen (secondary N) is 2. The number of hydrogen-bond acceptors (Lipinski definition) is 4. The smallest absolute Gasteiger partial charge is 0.342 e. The first-order chi connectivity index (χ1) is 11.3. The first kappa shape index (κ1) is 15.7. The lowest BCUT2D eigenvalue weighted by molar-refractivity contribution is -0.137. The molecule has 0 bridgehead atoms. The molecule has 0 spiro atoms. The molecular weight excluding hydrogens is 327 g/mol. The van der Waals surface area contributed by atoms with E-state index in [-0.39, 0.29) is 17.0 Å². The SMILES string of the molecule is Cc1cc(=O)n2[nH]c(=O)c(N=Nc3cccc(C(F)(F)F)c3)c2[nH]1. The molecule has 0 radical (unpaired) electrons. The van der Waals surface area contributed by atoms with Crippen molar-refractivity contribution >= 4 is 17.0 Å². The minimum absolute atomic E-state index is 0.0708. The average Bonchev–Trinajstić information content (AvgIpc) is 2.81. The van der Waals surface area contributed by atoms with Crippen molar-refractivity contribution < 1.29 is 13.2 Å². The number of aromatic nitrogens is 3. The monoisotopic (exact) mass is 337 g/mol. The Kier molecular flexibility index (Phi) is 3.59. The second kappa shape index (κ2) is 5.48. The van der Waals surface area contributed by atoms with Gasteiger partial charge in [0.15, 0.2) is 11.3 Å². The van der Waals surface area contributed by atoms with Crippen molar-refractivity contribution in [2.75, 3.05) is 0 Å². The van der Waals surface area contributed by atoms with E-state index in [0.717, 1.165) is 16.6 Å². The number of halogens is 3. The van der Waals surface area contributed by atoms with Gasteiger partial charge in [-0.05, 0) is 25.1 Å². The predicted octanol–water partition coefficient (Wildman–Crippen LogP) is 3.06. The third kappa shape index (κ3) is 2.85. The molecule has 1 aromatic carbocycles. The van der Waals surface area contributed by atoms with Crippen molar-refractivity contribution in [3.05, 3.63) is 62.3 Å². The third-order valence-corrected chi connectivity index (χ3v) is 3.19. The van der Waals surface area contributed by atoms with Gasteiger partial charge in [0, 0.05) is 11.8 Å². The van der Waals surface area contributed by atoms with E-state index in [4.69, 9.17) is 0 Å². The van der Waals surface area contributed by atoms with Crippen LogP contribution in [0.25, 0.3) is 5.65 Å². The molecule has 0 atom stereocenters. The highest BCUT2D eigenvalue weighted by molar-refractivity contribution is 5.62. The summed E-state index contributed by atoms with van der Waals surface area (Å²) >= 11 is 0. The van der Waals surface area contributed by atoms with Gasteiger partial charge < -0.3 is 4.98 Å². The number of H-pyrrole nitrogens is 2. The Morgan fingerprint density at radius 1 is 1.12 bits per heavy atom. The van der Waals surface area contributed by atoms with Crippen LogP contribution in [0.2, 0.25) is 0 Å². The van der Waals surface area contributed by atoms with Gasteiger partial charge in [-0.1, -0.05) is 6.07 Å². The summed E-state index contributed by atoms with van der Waals surface area (Å²) < 4.78 is 39.0. The predicted molar refractivity (Wildman–Crippen MR) is 79.0 cm³/mol. The molecule has 0 aliphatic carbocycles. The lowest BCUT2D eigenvalue weighted by atomic mass is 10.2. The maximum Gasteiger partial charge on any atom is 0.416 e. The minimum Gasteiger partial charge on any atom is -0.342 e. The van der Waals surface area contributed by atoms with Gasteiger partial charge in [0.25, 0.3) is 11.1 Å². The van der Waals surface area contributed by atoms with E-state index in [0.29, 0.717) is 5.69 Å². The van der Waals surface area contributed by atoms with Crippen LogP contribution in [0.1, 0.15) is 11.3 Å². The van der Waals surface area contributed by atoms with Gasteiger partial charge >= 0.3 is 6.18 Å². The first-order valence-corrected chi connectivity index (χ1v) is 6.69. The summed E-state index contributed by atoms with van der Waals surface area (Å²) in [4.78, 5) is 26.4. The van der Waals surface area contributed by atoms with E-state index >= 15 is 0 Å². The van der Waals surface area contributed by atoms with E-state index in [1.165, 1.54) is 18.2 Å². The topological polar surface area (TPSA) is 94.8 Å². The number of fused-ring (bicyclic) bond motifs is 1. The quantitative estimate of drug-likeness (QED) is 0.703. The van der Waals surface area contributed by atoms with Gasteiger partial charge in [-0.3, -0.25) is 14.7 Å². The van der Waals surface area contributed by atoms with E-state index in [9.17, 15) is 22.8 Å². The molecule has 124 valence electrons. The summed E-state index contributed by atoms with van der Waals surface area (Å²) in [5.41, 5.74) is -1.73. The molecular formula is C14H10F3N5O2. The highest BCUT2D eigenvalue weighted by atomic mass is 19.4. The molecule has 10 heteroatoms. The average molecular weight is 337 g/mol. The van der Waals surface area contributed by atoms with Crippen LogP contribution in [-0.4, -0.2) is 14.6 Å². The maximum atomic E-state index is 12.7. The Balaban J connectivity index is 2.08. The molecule has 3 aromatic rings. The molecule has 0 aliphatic heterocycles. The summed E-state index contributed by atoms with van der Waals surface area (Å²) in [7, 11) is 0. The zero-order valence-corrected chi connectivity index (χ0v) is 12.2. The van der Waals surface area contributed by atoms with Crippen molar-refractivity contribution in [3.8, 4) is 0 Å². The van der Waals surface area contributed by atoms with Crippen molar-refractivity contribution in [3.63, 3.8) is 0 Å². The van der Waals surface area contributed by atoms with Crippen molar-refractivity contribution in [1.82, 2.24) is 14.6 Å². The van der Waals surface area contributed by atoms with Gasteiger partial charge in [-0.2, -0.15) is 22.8 Å². The van der Waals surface area contributed by atoms with Crippen molar-refractivity contribution in [2.45, 2.75) is 13.1 Å². The summed E-state index contributed by atoms with van der Waals surface area (Å²) in [5, 5.41) is 9.63. The van der Waals surface area contributed by atoms with E-state index in [2.05, 4.69) is 20.3 Å². The number of benzene rings is 1. The van der Waals surface area contributed by atoms with Crippen LogP contribution < -0.4 is 11.1 Å². The fourth-order valence-electron chi connectivity index (χ4n) is 2.12. The second-order valence-electron chi connectivity index (χ2n) is 5.01. The molecule has 0 amide bonds. The van der Waals surface area contributed by atoms with Crippen LogP contribution in [0.5, 0.6) is 0 Å². The lowest BCUT2D eigenvalue weighted by Gasteiger charge is -2.05. The van der Waals surface area contributed by atoms with Gasteiger partial charge in [0.05, 0.1) is 11.3 Å². The van der Waals surface area contributed by atoms with Gasteiger partial charge in [0.2, 0.25) is 0 Å². The van der Waals surface area contributed by atoms with Crippen LogP contribution in [0.15, 0.2) is 50.1 Å². The zero-order chi connectivity index (χ0) is 17.5. The number of rotatable bonds is 2. The largest absolute Gasteiger partial charge is 0.416 e. The fourth-order valence-corrected chi connectivity index (χ4v) is 2.12.